The van der Waals surface area contributed by atoms with Gasteiger partial charge in [0.05, 0.1) is 29.9 Å². The molecule has 0 spiro atoms. The van der Waals surface area contributed by atoms with Crippen molar-refractivity contribution < 1.29 is 13.5 Å². The van der Waals surface area contributed by atoms with Gasteiger partial charge >= 0.3 is 0 Å². The van der Waals surface area contributed by atoms with E-state index in [4.69, 9.17) is 27.8 Å². The summed E-state index contributed by atoms with van der Waals surface area (Å²) >= 11 is 5.73. The van der Waals surface area contributed by atoms with E-state index < -0.39 is 11.6 Å². The van der Waals surface area contributed by atoms with E-state index in [9.17, 15) is 8.78 Å². The van der Waals surface area contributed by atoms with Crippen molar-refractivity contribution in [1.82, 2.24) is 0 Å². The van der Waals surface area contributed by atoms with E-state index in [2.05, 4.69) is 5.32 Å². The summed E-state index contributed by atoms with van der Waals surface area (Å²) in [4.78, 5) is 0. The lowest BCUT2D eigenvalue weighted by atomic mass is 10.2. The molecule has 7 heteroatoms. The Morgan fingerprint density at radius 1 is 1.15 bits per heavy atom. The molecule has 0 aliphatic heterocycles. The Labute approximate surface area is 119 Å². The van der Waals surface area contributed by atoms with Crippen molar-refractivity contribution in [3.63, 3.8) is 0 Å². The SMILES string of the molecule is COc1cc(F)ccc1Nc1c(N)cc(N)c(Cl)c1F. The zero-order chi connectivity index (χ0) is 14.9. The summed E-state index contributed by atoms with van der Waals surface area (Å²) in [5.74, 6) is -1.05. The fourth-order valence-corrected chi connectivity index (χ4v) is 1.85. The summed E-state index contributed by atoms with van der Waals surface area (Å²) in [6, 6.07) is 5.11. The molecule has 0 unspecified atom stereocenters. The van der Waals surface area contributed by atoms with Crippen LogP contribution in [0.3, 0.4) is 0 Å². The molecule has 4 nitrogen and oxygen atoms in total. The van der Waals surface area contributed by atoms with Gasteiger partial charge in [0.25, 0.3) is 0 Å². The van der Waals surface area contributed by atoms with Gasteiger partial charge in [-0.25, -0.2) is 8.78 Å². The predicted octanol–water partition coefficient (Wildman–Crippen LogP) is 3.53. The standard InChI is InChI=1S/C13H12ClF2N3O/c1-20-10-4-6(15)2-3-9(10)19-13-8(18)5-7(17)11(14)12(13)16/h2-5,19H,17-18H2,1H3. The molecule has 2 rings (SSSR count). The number of benzene rings is 2. The topological polar surface area (TPSA) is 73.3 Å². The lowest BCUT2D eigenvalue weighted by Crippen LogP contribution is -2.03. The molecule has 0 saturated carbocycles. The number of hydrogen-bond acceptors (Lipinski definition) is 4. The maximum absolute atomic E-state index is 14.1. The van der Waals surface area contributed by atoms with Gasteiger partial charge in [-0.3, -0.25) is 0 Å². The van der Waals surface area contributed by atoms with Crippen molar-refractivity contribution in [3.05, 3.63) is 40.9 Å². The fourth-order valence-electron chi connectivity index (χ4n) is 1.70. The highest BCUT2D eigenvalue weighted by molar-refractivity contribution is 6.33. The zero-order valence-corrected chi connectivity index (χ0v) is 11.3. The third kappa shape index (κ3) is 2.55. The quantitative estimate of drug-likeness (QED) is 0.758. The number of nitrogens with one attached hydrogen (secondary N) is 1. The van der Waals surface area contributed by atoms with Crippen molar-refractivity contribution in [2.75, 3.05) is 23.9 Å². The number of halogens is 3. The second kappa shape index (κ2) is 5.42. The van der Waals surface area contributed by atoms with Crippen LogP contribution >= 0.6 is 11.6 Å². The first-order valence-electron chi connectivity index (χ1n) is 5.57. The molecule has 0 amide bonds. The minimum Gasteiger partial charge on any atom is -0.494 e. The summed E-state index contributed by atoms with van der Waals surface area (Å²) in [6.45, 7) is 0. The van der Waals surface area contributed by atoms with Crippen LogP contribution in [-0.4, -0.2) is 7.11 Å². The number of rotatable bonds is 3. The molecule has 20 heavy (non-hydrogen) atoms. The van der Waals surface area contributed by atoms with Crippen molar-refractivity contribution >= 4 is 34.4 Å². The molecule has 0 fully saturated rings. The van der Waals surface area contributed by atoms with E-state index in [0.717, 1.165) is 6.07 Å². The Hall–Kier alpha value is -2.21. The van der Waals surface area contributed by atoms with Gasteiger partial charge < -0.3 is 21.5 Å². The Morgan fingerprint density at radius 3 is 2.50 bits per heavy atom. The molecule has 0 radical (unpaired) electrons. The largest absolute Gasteiger partial charge is 0.494 e. The number of nitrogen functional groups attached to an aromatic ring is 2. The summed E-state index contributed by atoms with van der Waals surface area (Å²) in [5.41, 5.74) is 11.6. The van der Waals surface area contributed by atoms with Crippen molar-refractivity contribution in [2.24, 2.45) is 0 Å². The first-order chi connectivity index (χ1) is 9.43. The number of anilines is 4. The summed E-state index contributed by atoms with van der Waals surface area (Å²) in [6.07, 6.45) is 0. The molecular weight excluding hydrogens is 288 g/mol. The van der Waals surface area contributed by atoms with Gasteiger partial charge in [0.15, 0.2) is 5.82 Å². The molecule has 106 valence electrons. The van der Waals surface area contributed by atoms with Crippen LogP contribution in [0.15, 0.2) is 24.3 Å². The van der Waals surface area contributed by atoms with Gasteiger partial charge in [-0.2, -0.15) is 0 Å². The van der Waals surface area contributed by atoms with Crippen LogP contribution in [0, 0.1) is 11.6 Å². The number of nitrogens with two attached hydrogens (primary N) is 2. The summed E-state index contributed by atoms with van der Waals surface area (Å²) in [5, 5.41) is 2.49. The predicted molar refractivity (Wildman–Crippen MR) is 76.5 cm³/mol. The third-order valence-electron chi connectivity index (χ3n) is 2.69. The second-order valence-electron chi connectivity index (χ2n) is 4.03. The van der Waals surface area contributed by atoms with Crippen molar-refractivity contribution in [1.29, 1.82) is 0 Å². The molecule has 0 saturated heterocycles. The highest BCUT2D eigenvalue weighted by Crippen LogP contribution is 2.37. The van der Waals surface area contributed by atoms with E-state index in [1.165, 1.54) is 25.3 Å². The molecule has 2 aromatic carbocycles. The average Bonchev–Trinajstić information content (AvgIpc) is 2.42. The van der Waals surface area contributed by atoms with Gasteiger partial charge in [-0.15, -0.1) is 0 Å². The smallest absolute Gasteiger partial charge is 0.169 e. The molecule has 0 atom stereocenters. The third-order valence-corrected chi connectivity index (χ3v) is 3.07. The normalized spacial score (nSPS) is 10.4. The summed E-state index contributed by atoms with van der Waals surface area (Å²) < 4.78 is 32.2. The number of hydrogen-bond donors (Lipinski definition) is 3. The van der Waals surface area contributed by atoms with Crippen LogP contribution in [-0.2, 0) is 0 Å². The number of methoxy groups -OCH3 is 1. The lowest BCUT2D eigenvalue weighted by molar-refractivity contribution is 0.413. The van der Waals surface area contributed by atoms with Gasteiger partial charge in [-0.1, -0.05) is 11.6 Å². The fraction of sp³-hybridized carbons (Fsp3) is 0.0769. The number of ether oxygens (including phenoxy) is 1. The highest BCUT2D eigenvalue weighted by atomic mass is 35.5. The van der Waals surface area contributed by atoms with Crippen LogP contribution in [0.5, 0.6) is 5.75 Å². The van der Waals surface area contributed by atoms with Crippen molar-refractivity contribution in [2.45, 2.75) is 0 Å². The molecule has 0 heterocycles. The summed E-state index contributed by atoms with van der Waals surface area (Å²) in [7, 11) is 1.37. The van der Waals surface area contributed by atoms with Crippen LogP contribution in [0.2, 0.25) is 5.02 Å². The van der Waals surface area contributed by atoms with E-state index in [-0.39, 0.29) is 27.8 Å². The Morgan fingerprint density at radius 2 is 1.85 bits per heavy atom. The molecule has 2 aromatic rings. The molecular formula is C13H12ClF2N3O. The van der Waals surface area contributed by atoms with Gasteiger partial charge in [0.2, 0.25) is 0 Å². The average molecular weight is 300 g/mol. The Kier molecular flexibility index (Phi) is 3.85. The van der Waals surface area contributed by atoms with E-state index in [1.54, 1.807) is 0 Å². The van der Waals surface area contributed by atoms with E-state index in [0.29, 0.717) is 5.69 Å². The van der Waals surface area contributed by atoms with Gasteiger partial charge in [0.1, 0.15) is 16.6 Å². The lowest BCUT2D eigenvalue weighted by Gasteiger charge is -2.15. The van der Waals surface area contributed by atoms with Crippen LogP contribution in [0.25, 0.3) is 0 Å². The first kappa shape index (κ1) is 14.2. The first-order valence-corrected chi connectivity index (χ1v) is 5.95. The van der Waals surface area contributed by atoms with E-state index in [1.807, 2.05) is 0 Å². The Balaban J connectivity index is 2.48. The van der Waals surface area contributed by atoms with Crippen LogP contribution in [0.4, 0.5) is 31.5 Å². The van der Waals surface area contributed by atoms with E-state index >= 15 is 0 Å². The van der Waals surface area contributed by atoms with Crippen molar-refractivity contribution in [3.8, 4) is 5.75 Å². The maximum atomic E-state index is 14.1. The Bertz CT molecular complexity index is 665. The molecule has 5 N–H and O–H groups in total. The van der Waals surface area contributed by atoms with Crippen LogP contribution in [0.1, 0.15) is 0 Å². The highest BCUT2D eigenvalue weighted by Gasteiger charge is 2.16. The molecule has 0 bridgehead atoms. The maximum Gasteiger partial charge on any atom is 0.169 e. The van der Waals surface area contributed by atoms with Crippen LogP contribution < -0.4 is 21.5 Å². The monoisotopic (exact) mass is 299 g/mol. The molecule has 0 aliphatic carbocycles. The van der Waals surface area contributed by atoms with Gasteiger partial charge in [0, 0.05) is 6.07 Å². The second-order valence-corrected chi connectivity index (χ2v) is 4.41. The molecule has 0 aromatic heterocycles. The minimum absolute atomic E-state index is 0.0401. The van der Waals surface area contributed by atoms with Gasteiger partial charge in [-0.05, 0) is 18.2 Å². The molecule has 0 aliphatic rings. The minimum atomic E-state index is -0.782. The zero-order valence-electron chi connectivity index (χ0n) is 10.5.